The first-order chi connectivity index (χ1) is 15.1. The van der Waals surface area contributed by atoms with E-state index in [9.17, 15) is 9.18 Å². The molecule has 0 radical (unpaired) electrons. The predicted molar refractivity (Wildman–Crippen MR) is 110 cm³/mol. The largest absolute Gasteiger partial charge is 0.453 e. The number of hydrogen-bond donors (Lipinski definition) is 0. The van der Waals surface area contributed by atoms with E-state index in [-0.39, 0.29) is 17.8 Å². The van der Waals surface area contributed by atoms with Crippen molar-refractivity contribution in [2.75, 3.05) is 33.3 Å². The summed E-state index contributed by atoms with van der Waals surface area (Å²) in [6.07, 6.45) is 2.34. The Balaban J connectivity index is 1.26. The third-order valence-electron chi connectivity index (χ3n) is 6.35. The van der Waals surface area contributed by atoms with Crippen molar-refractivity contribution in [1.82, 2.24) is 29.7 Å². The van der Waals surface area contributed by atoms with Crippen LogP contribution in [0.3, 0.4) is 0 Å². The van der Waals surface area contributed by atoms with Gasteiger partial charge in [-0.25, -0.2) is 9.18 Å². The van der Waals surface area contributed by atoms with Crippen LogP contribution in [0.4, 0.5) is 9.18 Å². The molecule has 164 valence electrons. The Morgan fingerprint density at radius 2 is 2.06 bits per heavy atom. The molecule has 0 saturated carbocycles. The summed E-state index contributed by atoms with van der Waals surface area (Å²) in [5.74, 6) is 0.753. The molecule has 1 aromatic carbocycles. The van der Waals surface area contributed by atoms with Crippen molar-refractivity contribution in [3.8, 4) is 5.95 Å². The topological polar surface area (TPSA) is 89.5 Å². The van der Waals surface area contributed by atoms with Gasteiger partial charge in [0, 0.05) is 43.7 Å². The fraction of sp³-hybridized carbons (Fsp3) is 0.524. The van der Waals surface area contributed by atoms with E-state index in [1.165, 1.54) is 19.2 Å². The molecule has 0 atom stereocenters. The molecule has 0 unspecified atom stereocenters. The lowest BCUT2D eigenvalue weighted by Crippen LogP contribution is -2.54. The van der Waals surface area contributed by atoms with Gasteiger partial charge in [-0.15, -0.1) is 0 Å². The van der Waals surface area contributed by atoms with Crippen LogP contribution in [-0.4, -0.2) is 75.1 Å². The first-order valence-electron chi connectivity index (χ1n) is 10.7. The van der Waals surface area contributed by atoms with Crippen LogP contribution in [0.5, 0.6) is 0 Å². The molecule has 1 amide bonds. The van der Waals surface area contributed by atoms with E-state index in [4.69, 9.17) is 9.26 Å². The Bertz CT molecular complexity index is 1100. The quantitative estimate of drug-likeness (QED) is 0.631. The van der Waals surface area contributed by atoms with Gasteiger partial charge in [0.2, 0.25) is 5.89 Å². The summed E-state index contributed by atoms with van der Waals surface area (Å²) < 4.78 is 25.7. The number of hydrogen-bond acceptors (Lipinski definition) is 7. The SMILES string of the molecule is CCc1nn(-c2noc(C3CN(C4CCN(C(=O)OC)CC4)C3)n2)c2cc(F)ccc12. The zero-order valence-corrected chi connectivity index (χ0v) is 17.6. The van der Waals surface area contributed by atoms with Crippen molar-refractivity contribution in [1.29, 1.82) is 0 Å². The van der Waals surface area contributed by atoms with Crippen LogP contribution in [0.2, 0.25) is 0 Å². The van der Waals surface area contributed by atoms with Gasteiger partial charge < -0.3 is 14.2 Å². The standard InChI is InChI=1S/C21H25FN6O3/c1-3-17-16-5-4-14(22)10-18(16)28(24-17)20-23-19(31-25-20)13-11-27(12-13)15-6-8-26(9-7-15)21(29)30-2/h4-5,10,13,15H,3,6-9,11-12H2,1-2H3. The lowest BCUT2D eigenvalue weighted by Gasteiger charge is -2.45. The predicted octanol–water partition coefficient (Wildman–Crippen LogP) is 2.74. The second-order valence-corrected chi connectivity index (χ2v) is 8.15. The number of rotatable bonds is 4. The van der Waals surface area contributed by atoms with Gasteiger partial charge in [0.05, 0.1) is 24.2 Å². The molecule has 0 aliphatic carbocycles. The Morgan fingerprint density at radius 1 is 1.29 bits per heavy atom. The summed E-state index contributed by atoms with van der Waals surface area (Å²) in [6.45, 7) is 5.13. The molecule has 4 heterocycles. The van der Waals surface area contributed by atoms with Crippen molar-refractivity contribution in [3.63, 3.8) is 0 Å². The number of carbonyl (C=O) groups excluding carboxylic acids is 1. The van der Waals surface area contributed by atoms with Gasteiger partial charge in [-0.05, 0) is 36.6 Å². The molecular formula is C21H25FN6O3. The van der Waals surface area contributed by atoms with E-state index in [1.54, 1.807) is 15.6 Å². The van der Waals surface area contributed by atoms with E-state index >= 15 is 0 Å². The number of aryl methyl sites for hydroxylation is 1. The van der Waals surface area contributed by atoms with Crippen LogP contribution >= 0.6 is 0 Å². The van der Waals surface area contributed by atoms with Crippen molar-refractivity contribution in [3.05, 3.63) is 35.6 Å². The summed E-state index contributed by atoms with van der Waals surface area (Å²) in [6, 6.07) is 5.07. The van der Waals surface area contributed by atoms with E-state index < -0.39 is 0 Å². The molecule has 3 aromatic rings. The van der Waals surface area contributed by atoms with Crippen LogP contribution in [0.25, 0.3) is 16.9 Å². The van der Waals surface area contributed by atoms with Crippen LogP contribution in [-0.2, 0) is 11.2 Å². The molecule has 0 bridgehead atoms. The van der Waals surface area contributed by atoms with Gasteiger partial charge in [0.1, 0.15) is 5.82 Å². The summed E-state index contributed by atoms with van der Waals surface area (Å²) in [5.41, 5.74) is 1.51. The number of amides is 1. The minimum atomic E-state index is -0.326. The van der Waals surface area contributed by atoms with Gasteiger partial charge in [-0.1, -0.05) is 6.92 Å². The summed E-state index contributed by atoms with van der Waals surface area (Å²) in [4.78, 5) is 20.3. The number of likely N-dealkylation sites (tertiary alicyclic amines) is 2. The average molecular weight is 428 g/mol. The van der Waals surface area contributed by atoms with E-state index in [2.05, 4.69) is 20.1 Å². The number of nitrogens with zero attached hydrogens (tertiary/aromatic N) is 6. The summed E-state index contributed by atoms with van der Waals surface area (Å²) >= 11 is 0. The molecule has 2 aliphatic rings. The second kappa shape index (κ2) is 7.92. The zero-order valence-electron chi connectivity index (χ0n) is 17.6. The maximum atomic E-state index is 13.8. The number of fused-ring (bicyclic) bond motifs is 1. The van der Waals surface area contributed by atoms with Gasteiger partial charge in [0.25, 0.3) is 5.95 Å². The number of aromatic nitrogens is 4. The molecule has 2 aromatic heterocycles. The smallest absolute Gasteiger partial charge is 0.409 e. The van der Waals surface area contributed by atoms with E-state index in [0.29, 0.717) is 36.5 Å². The maximum Gasteiger partial charge on any atom is 0.409 e. The Hall–Kier alpha value is -3.01. The minimum absolute atomic E-state index is 0.170. The first-order valence-corrected chi connectivity index (χ1v) is 10.7. The van der Waals surface area contributed by atoms with E-state index in [1.807, 2.05) is 6.92 Å². The highest BCUT2D eigenvalue weighted by molar-refractivity contribution is 5.83. The molecule has 0 N–H and O–H groups in total. The molecule has 10 heteroatoms. The van der Waals surface area contributed by atoms with Crippen LogP contribution < -0.4 is 0 Å². The van der Waals surface area contributed by atoms with Crippen LogP contribution in [0.1, 0.15) is 37.3 Å². The number of ether oxygens (including phenoxy) is 1. The highest BCUT2D eigenvalue weighted by Gasteiger charge is 2.38. The maximum absolute atomic E-state index is 13.8. The van der Waals surface area contributed by atoms with Crippen molar-refractivity contribution in [2.45, 2.75) is 38.1 Å². The monoisotopic (exact) mass is 428 g/mol. The van der Waals surface area contributed by atoms with Crippen molar-refractivity contribution in [2.24, 2.45) is 0 Å². The zero-order chi connectivity index (χ0) is 21.5. The number of halogens is 1. The van der Waals surface area contributed by atoms with Crippen molar-refractivity contribution < 1.29 is 18.4 Å². The lowest BCUT2D eigenvalue weighted by molar-refractivity contribution is 0.0353. The molecular weight excluding hydrogens is 403 g/mol. The molecule has 0 spiro atoms. The summed E-state index contributed by atoms with van der Waals surface area (Å²) in [5, 5.41) is 9.56. The van der Waals surface area contributed by atoms with Gasteiger partial charge >= 0.3 is 6.09 Å². The number of benzene rings is 1. The number of methoxy groups -OCH3 is 1. The van der Waals surface area contributed by atoms with Crippen molar-refractivity contribution >= 4 is 17.0 Å². The molecule has 5 rings (SSSR count). The molecule has 31 heavy (non-hydrogen) atoms. The fourth-order valence-electron chi connectivity index (χ4n) is 4.55. The lowest BCUT2D eigenvalue weighted by atomic mass is 9.93. The van der Waals surface area contributed by atoms with Gasteiger partial charge in [-0.2, -0.15) is 14.8 Å². The molecule has 2 aliphatic heterocycles. The third kappa shape index (κ3) is 3.54. The van der Waals surface area contributed by atoms with E-state index in [0.717, 1.165) is 43.4 Å². The van der Waals surface area contributed by atoms with Crippen LogP contribution in [0.15, 0.2) is 22.7 Å². The number of carbonyl (C=O) groups is 1. The summed E-state index contributed by atoms with van der Waals surface area (Å²) in [7, 11) is 1.42. The average Bonchev–Trinajstić information content (AvgIpc) is 3.37. The van der Waals surface area contributed by atoms with Gasteiger partial charge in [0.15, 0.2) is 0 Å². The van der Waals surface area contributed by atoms with Gasteiger partial charge in [-0.3, -0.25) is 4.90 Å². The Morgan fingerprint density at radius 3 is 2.77 bits per heavy atom. The second-order valence-electron chi connectivity index (χ2n) is 8.15. The number of piperidine rings is 1. The molecule has 2 fully saturated rings. The third-order valence-corrected chi connectivity index (χ3v) is 6.35. The Labute approximate surface area is 178 Å². The first kappa shape index (κ1) is 19.9. The molecule has 2 saturated heterocycles. The fourth-order valence-corrected chi connectivity index (χ4v) is 4.55. The van der Waals surface area contributed by atoms with Crippen LogP contribution in [0, 0.1) is 5.82 Å². The highest BCUT2D eigenvalue weighted by atomic mass is 19.1. The highest BCUT2D eigenvalue weighted by Crippen LogP contribution is 2.32. The Kier molecular flexibility index (Phi) is 5.09. The molecule has 9 nitrogen and oxygen atoms in total. The minimum Gasteiger partial charge on any atom is -0.453 e. The normalized spacial score (nSPS) is 18.5.